The van der Waals surface area contributed by atoms with Crippen LogP contribution in [0.4, 0.5) is 17.1 Å². The molecular formula is C13H13N3O4S. The van der Waals surface area contributed by atoms with Gasteiger partial charge in [0.25, 0.3) is 11.6 Å². The third-order valence-electron chi connectivity index (χ3n) is 2.67. The van der Waals surface area contributed by atoms with Gasteiger partial charge in [0.05, 0.1) is 22.4 Å². The zero-order valence-corrected chi connectivity index (χ0v) is 11.9. The van der Waals surface area contributed by atoms with Gasteiger partial charge in [-0.3, -0.25) is 14.9 Å². The molecular weight excluding hydrogens is 294 g/mol. The zero-order valence-electron chi connectivity index (χ0n) is 11.0. The lowest BCUT2D eigenvalue weighted by Crippen LogP contribution is -2.25. The highest BCUT2D eigenvalue weighted by molar-refractivity contribution is 7.99. The highest BCUT2D eigenvalue weighted by atomic mass is 32.2. The number of fused-ring (bicyclic) bond motifs is 1. The fourth-order valence-corrected chi connectivity index (χ4v) is 2.31. The lowest BCUT2D eigenvalue weighted by atomic mass is 10.2. The van der Waals surface area contributed by atoms with Gasteiger partial charge in [-0.15, -0.1) is 18.2 Å². The van der Waals surface area contributed by atoms with E-state index in [2.05, 4.69) is 16.6 Å². The molecule has 1 amide bonds. The summed E-state index contributed by atoms with van der Waals surface area (Å²) in [6.07, 6.45) is 5.14. The summed E-state index contributed by atoms with van der Waals surface area (Å²) in [6.45, 7) is 0.389. The van der Waals surface area contributed by atoms with Crippen molar-refractivity contribution in [3.8, 4) is 18.1 Å². The van der Waals surface area contributed by atoms with Crippen molar-refractivity contribution in [2.45, 2.75) is 0 Å². The van der Waals surface area contributed by atoms with E-state index >= 15 is 0 Å². The Morgan fingerprint density at radius 1 is 1.57 bits per heavy atom. The molecule has 8 heteroatoms. The first kappa shape index (κ1) is 15.0. The Labute approximate surface area is 125 Å². The number of nitrogens with zero attached hydrogens (tertiary/aromatic N) is 1. The molecule has 0 unspecified atom stereocenters. The van der Waals surface area contributed by atoms with Crippen LogP contribution in [0.1, 0.15) is 0 Å². The minimum atomic E-state index is -0.489. The summed E-state index contributed by atoms with van der Waals surface area (Å²) in [6, 6.07) is 2.82. The van der Waals surface area contributed by atoms with E-state index in [-0.39, 0.29) is 18.2 Å². The fraction of sp³-hybridized carbons (Fsp3) is 0.308. The van der Waals surface area contributed by atoms with Crippen LogP contribution in [0.15, 0.2) is 12.1 Å². The molecule has 2 rings (SSSR count). The summed E-state index contributed by atoms with van der Waals surface area (Å²) in [5, 5.41) is 16.7. The Kier molecular flexibility index (Phi) is 4.90. The van der Waals surface area contributed by atoms with Crippen molar-refractivity contribution in [2.24, 2.45) is 0 Å². The SMILES string of the molecule is C#CCSCCNc1cc2c(cc1[N+](=O)[O-])OCC(=O)N2. The molecule has 0 saturated heterocycles. The monoisotopic (exact) mass is 307 g/mol. The van der Waals surface area contributed by atoms with Crippen molar-refractivity contribution in [2.75, 3.05) is 35.3 Å². The number of benzene rings is 1. The average molecular weight is 307 g/mol. The maximum atomic E-state index is 11.3. The van der Waals surface area contributed by atoms with Gasteiger partial charge in [-0.2, -0.15) is 0 Å². The van der Waals surface area contributed by atoms with Crippen LogP contribution in [-0.2, 0) is 4.79 Å². The van der Waals surface area contributed by atoms with Crippen LogP contribution in [0.25, 0.3) is 0 Å². The van der Waals surface area contributed by atoms with Crippen molar-refractivity contribution >= 4 is 34.7 Å². The normalized spacial score (nSPS) is 12.6. The highest BCUT2D eigenvalue weighted by Crippen LogP contribution is 2.37. The van der Waals surface area contributed by atoms with Crippen LogP contribution in [0, 0.1) is 22.5 Å². The van der Waals surface area contributed by atoms with Crippen LogP contribution >= 0.6 is 11.8 Å². The third-order valence-corrected chi connectivity index (χ3v) is 3.54. The van der Waals surface area contributed by atoms with E-state index in [0.29, 0.717) is 29.4 Å². The number of nitro benzene ring substituents is 1. The van der Waals surface area contributed by atoms with Crippen molar-refractivity contribution in [3.05, 3.63) is 22.2 Å². The average Bonchev–Trinajstić information content (AvgIpc) is 2.46. The van der Waals surface area contributed by atoms with Gasteiger partial charge >= 0.3 is 0 Å². The van der Waals surface area contributed by atoms with Crippen LogP contribution in [-0.4, -0.2) is 35.5 Å². The quantitative estimate of drug-likeness (QED) is 0.359. The summed E-state index contributed by atoms with van der Waals surface area (Å²) in [7, 11) is 0. The van der Waals surface area contributed by atoms with Gasteiger partial charge in [-0.05, 0) is 6.07 Å². The van der Waals surface area contributed by atoms with Crippen LogP contribution in [0.3, 0.4) is 0 Å². The topological polar surface area (TPSA) is 93.5 Å². The van der Waals surface area contributed by atoms with E-state index in [4.69, 9.17) is 11.2 Å². The number of nitro groups is 1. The zero-order chi connectivity index (χ0) is 15.2. The van der Waals surface area contributed by atoms with Gasteiger partial charge in [0.15, 0.2) is 12.4 Å². The molecule has 0 fully saturated rings. The summed E-state index contributed by atoms with van der Waals surface area (Å²) in [5.41, 5.74) is 0.674. The van der Waals surface area contributed by atoms with E-state index in [0.717, 1.165) is 5.75 Å². The molecule has 0 atom stereocenters. The molecule has 1 aliphatic rings. The summed E-state index contributed by atoms with van der Waals surface area (Å²) >= 11 is 1.55. The van der Waals surface area contributed by atoms with Crippen LogP contribution in [0.5, 0.6) is 5.75 Å². The van der Waals surface area contributed by atoms with Crippen molar-refractivity contribution in [1.82, 2.24) is 0 Å². The number of hydrogen-bond donors (Lipinski definition) is 2. The number of terminal acetylenes is 1. The maximum absolute atomic E-state index is 11.3. The molecule has 0 bridgehead atoms. The molecule has 21 heavy (non-hydrogen) atoms. The molecule has 1 aromatic rings. The lowest BCUT2D eigenvalue weighted by molar-refractivity contribution is -0.384. The van der Waals surface area contributed by atoms with E-state index in [1.54, 1.807) is 11.8 Å². The fourth-order valence-electron chi connectivity index (χ4n) is 1.80. The number of hydrogen-bond acceptors (Lipinski definition) is 6. The summed E-state index contributed by atoms with van der Waals surface area (Å²) in [4.78, 5) is 21.9. The molecule has 2 N–H and O–H groups in total. The second kappa shape index (κ2) is 6.85. The standard InChI is InChI=1S/C13H13N3O4S/c1-2-4-21-5-3-14-9-6-10-12(7-11(9)16(18)19)20-8-13(17)15-10/h1,6-7,14H,3-5,8H2,(H,15,17). The molecule has 0 saturated carbocycles. The Bertz CT molecular complexity index is 612. The number of anilines is 2. The predicted molar refractivity (Wildman–Crippen MR) is 81.9 cm³/mol. The third kappa shape index (κ3) is 3.79. The van der Waals surface area contributed by atoms with Gasteiger partial charge in [-0.1, -0.05) is 5.92 Å². The molecule has 0 spiro atoms. The van der Waals surface area contributed by atoms with E-state index in [1.807, 2.05) is 0 Å². The number of ether oxygens (including phenoxy) is 1. The van der Waals surface area contributed by atoms with Crippen molar-refractivity contribution in [3.63, 3.8) is 0 Å². The highest BCUT2D eigenvalue weighted by Gasteiger charge is 2.23. The number of rotatable bonds is 6. The molecule has 7 nitrogen and oxygen atoms in total. The number of nitrogens with one attached hydrogen (secondary N) is 2. The van der Waals surface area contributed by atoms with Crippen LogP contribution in [0.2, 0.25) is 0 Å². The summed E-state index contributed by atoms with van der Waals surface area (Å²) in [5.74, 6) is 3.84. The van der Waals surface area contributed by atoms with Crippen molar-refractivity contribution in [1.29, 1.82) is 0 Å². The van der Waals surface area contributed by atoms with Gasteiger partial charge in [0.2, 0.25) is 0 Å². The van der Waals surface area contributed by atoms with E-state index in [9.17, 15) is 14.9 Å². The minimum Gasteiger partial charge on any atom is -0.481 e. The first-order valence-electron chi connectivity index (χ1n) is 6.12. The van der Waals surface area contributed by atoms with Gasteiger partial charge < -0.3 is 15.4 Å². The first-order valence-corrected chi connectivity index (χ1v) is 7.27. The maximum Gasteiger partial charge on any atom is 0.296 e. The number of amides is 1. The number of thioether (sulfide) groups is 1. The smallest absolute Gasteiger partial charge is 0.296 e. The molecule has 1 aromatic carbocycles. The number of carbonyl (C=O) groups excluding carboxylic acids is 1. The van der Waals surface area contributed by atoms with Crippen LogP contribution < -0.4 is 15.4 Å². The van der Waals surface area contributed by atoms with Gasteiger partial charge in [0.1, 0.15) is 5.69 Å². The second-order valence-corrected chi connectivity index (χ2v) is 5.25. The Morgan fingerprint density at radius 3 is 3.10 bits per heavy atom. The van der Waals surface area contributed by atoms with Gasteiger partial charge in [-0.25, -0.2) is 0 Å². The molecule has 1 aliphatic heterocycles. The molecule has 0 aromatic heterocycles. The molecule has 1 heterocycles. The van der Waals surface area contributed by atoms with Crippen molar-refractivity contribution < 1.29 is 14.5 Å². The lowest BCUT2D eigenvalue weighted by Gasteiger charge is -2.19. The second-order valence-electron chi connectivity index (χ2n) is 4.14. The van der Waals surface area contributed by atoms with Gasteiger partial charge in [0, 0.05) is 12.3 Å². The van der Waals surface area contributed by atoms with E-state index < -0.39 is 4.92 Å². The Balaban J connectivity index is 2.14. The number of carbonyl (C=O) groups is 1. The van der Waals surface area contributed by atoms with E-state index in [1.165, 1.54) is 12.1 Å². The predicted octanol–water partition coefficient (Wildman–Crippen LogP) is 1.70. The largest absolute Gasteiger partial charge is 0.481 e. The molecule has 0 aliphatic carbocycles. The molecule has 0 radical (unpaired) electrons. The minimum absolute atomic E-state index is 0.0909. The Morgan fingerprint density at radius 2 is 2.38 bits per heavy atom. The Hall–Kier alpha value is -2.40. The summed E-state index contributed by atoms with van der Waals surface area (Å²) < 4.78 is 5.17. The molecule has 110 valence electrons. The first-order chi connectivity index (χ1) is 10.1.